The van der Waals surface area contributed by atoms with E-state index in [0.29, 0.717) is 15.7 Å². The molecule has 6 N–H and O–H groups in total. The molecule has 4 atom stereocenters. The molecule has 0 saturated carbocycles. The molecule has 350 valence electrons. The van der Waals surface area contributed by atoms with Crippen LogP contribution in [0.1, 0.15) is 89.9 Å². The summed E-state index contributed by atoms with van der Waals surface area (Å²) < 4.78 is 31.4. The number of hydrogen-bond acceptors (Lipinski definition) is 11. The zero-order valence-electron chi connectivity index (χ0n) is 36.2. The van der Waals surface area contributed by atoms with Crippen molar-refractivity contribution in [2.75, 3.05) is 13.2 Å². The number of nitrogens with two attached hydrogens (primary N) is 1. The van der Waals surface area contributed by atoms with Gasteiger partial charge in [-0.15, -0.1) is 5.06 Å². The summed E-state index contributed by atoms with van der Waals surface area (Å²) in [7, 11) is 0. The number of aliphatic hydroxyl groups excluding tert-OH is 1. The molecule has 4 rings (SSSR count). The number of nitrogens with one attached hydrogen (secondary N) is 1. The zero-order valence-corrected chi connectivity index (χ0v) is 36.2. The minimum Gasteiger partial charge on any atom is -0.480 e. The van der Waals surface area contributed by atoms with Gasteiger partial charge in [-0.3, -0.25) is 28.8 Å². The van der Waals surface area contributed by atoms with Gasteiger partial charge >= 0.3 is 17.9 Å². The van der Waals surface area contributed by atoms with E-state index in [4.69, 9.17) is 10.6 Å². The maximum atomic E-state index is 15.2. The van der Waals surface area contributed by atoms with E-state index < -0.39 is 133 Å². The first-order valence-corrected chi connectivity index (χ1v) is 20.6. The van der Waals surface area contributed by atoms with E-state index in [1.165, 1.54) is 6.07 Å². The summed E-state index contributed by atoms with van der Waals surface area (Å²) >= 11 is 0. The lowest BCUT2D eigenvalue weighted by Crippen LogP contribution is -2.60. The molecule has 1 saturated heterocycles. The second kappa shape index (κ2) is 22.0. The summed E-state index contributed by atoms with van der Waals surface area (Å²) in [5.41, 5.74) is 5.63. The molecule has 21 heteroatoms. The van der Waals surface area contributed by atoms with Crippen molar-refractivity contribution in [1.29, 1.82) is 0 Å². The highest BCUT2D eigenvalue weighted by molar-refractivity contribution is 6.01. The van der Waals surface area contributed by atoms with Gasteiger partial charge in [-0.1, -0.05) is 51.1 Å². The van der Waals surface area contributed by atoms with E-state index in [9.17, 15) is 62.9 Å². The molecule has 0 radical (unpaired) electrons. The Hall–Kier alpha value is -7.03. The summed E-state index contributed by atoms with van der Waals surface area (Å²) in [6, 6.07) is 6.41. The van der Waals surface area contributed by atoms with Crippen molar-refractivity contribution < 1.29 is 72.1 Å². The Morgan fingerprint density at radius 2 is 1.54 bits per heavy atom. The lowest BCUT2D eigenvalue weighted by molar-refractivity contribution is -0.197. The molecule has 19 nitrogen and oxygen atoms in total. The third kappa shape index (κ3) is 13.3. The number of carbonyl (C=O) groups excluding carboxylic acids is 7. The van der Waals surface area contributed by atoms with Gasteiger partial charge in [0, 0.05) is 61.8 Å². The van der Waals surface area contributed by atoms with Gasteiger partial charge in [-0.05, 0) is 55.0 Å². The molecule has 1 aliphatic heterocycles. The van der Waals surface area contributed by atoms with Gasteiger partial charge in [-0.25, -0.2) is 23.2 Å². The van der Waals surface area contributed by atoms with Gasteiger partial charge in [-0.2, -0.15) is 0 Å². The van der Waals surface area contributed by atoms with Crippen LogP contribution in [0, 0.1) is 17.0 Å². The van der Waals surface area contributed by atoms with E-state index >= 15 is 4.39 Å². The number of nitrogens with zero attached hydrogens (tertiary/aromatic N) is 4. The number of hydroxylamine groups is 2. The minimum absolute atomic E-state index is 0.100. The monoisotopic (exact) mass is 910 g/mol. The molecule has 65 heavy (non-hydrogen) atoms. The second-order valence-corrected chi connectivity index (χ2v) is 16.5. The number of halogens is 2. The quantitative estimate of drug-likeness (QED) is 0.0909. The Labute approximate surface area is 372 Å². The molecule has 2 aromatic carbocycles. The molecule has 6 amide bonds. The first kappa shape index (κ1) is 50.6. The van der Waals surface area contributed by atoms with Crippen LogP contribution in [-0.4, -0.2) is 119 Å². The topological polar surface area (TPSA) is 276 Å². The van der Waals surface area contributed by atoms with Crippen LogP contribution in [0.5, 0.6) is 0 Å². The lowest BCUT2D eigenvalue weighted by atomic mass is 9.82. The van der Waals surface area contributed by atoms with Crippen molar-refractivity contribution in [2.45, 2.75) is 103 Å². The number of aliphatic carboxylic acids is 2. The predicted octanol–water partition coefficient (Wildman–Crippen LogP) is 2.67. The van der Waals surface area contributed by atoms with Crippen LogP contribution in [0.4, 0.5) is 8.78 Å². The molecular weight excluding hydrogens is 859 g/mol. The highest BCUT2D eigenvalue weighted by Gasteiger charge is 2.44. The van der Waals surface area contributed by atoms with E-state index in [0.717, 1.165) is 35.6 Å². The largest absolute Gasteiger partial charge is 0.480 e. The molecule has 2 heterocycles. The van der Waals surface area contributed by atoms with Gasteiger partial charge < -0.3 is 45.6 Å². The molecule has 0 aliphatic carbocycles. The van der Waals surface area contributed by atoms with Crippen LogP contribution in [0.3, 0.4) is 0 Å². The van der Waals surface area contributed by atoms with Crippen molar-refractivity contribution >= 4 is 53.4 Å². The number of hydrogen-bond donors (Lipinski definition) is 5. The van der Waals surface area contributed by atoms with E-state index in [2.05, 4.69) is 5.32 Å². The Morgan fingerprint density at radius 1 is 0.908 bits per heavy atom. The summed E-state index contributed by atoms with van der Waals surface area (Å²) in [6.07, 6.45) is -1.53. The average molecular weight is 911 g/mol. The number of primary amides is 1. The van der Waals surface area contributed by atoms with Crippen LogP contribution >= 0.6 is 0 Å². The molecule has 1 fully saturated rings. The van der Waals surface area contributed by atoms with E-state index in [1.54, 1.807) is 49.7 Å². The van der Waals surface area contributed by atoms with Gasteiger partial charge in [0.2, 0.25) is 23.6 Å². The zero-order chi connectivity index (χ0) is 48.3. The fraction of sp³-hybridized carbons (Fsp3) is 0.432. The first-order chi connectivity index (χ1) is 30.5. The normalized spacial score (nSPS) is 14.5. The summed E-state index contributed by atoms with van der Waals surface area (Å²) in [5, 5.41) is 33.8. The van der Waals surface area contributed by atoms with Crippen LogP contribution in [0.2, 0.25) is 0 Å². The SMILES string of the molecule is CC(NC(=O)CCCC(=O)ON1C(=O)CCC1=O)C(=O)N(C(CCN(C(=O)CO)C(c1cc(-c2cc(F)ccc2F)cn1Cc1ccccc1)C(C)(C)C)C(=O)O)C(CC(N)=O)C(=O)O. The molecule has 0 bridgehead atoms. The minimum atomic E-state index is -2.20. The number of carboxylic acids is 2. The third-order valence-electron chi connectivity index (χ3n) is 10.5. The Kier molecular flexibility index (Phi) is 17.2. The first-order valence-electron chi connectivity index (χ1n) is 20.6. The Bertz CT molecular complexity index is 2280. The van der Waals surface area contributed by atoms with Crippen molar-refractivity contribution in [3.05, 3.63) is 83.7 Å². The Balaban J connectivity index is 1.68. The lowest BCUT2D eigenvalue weighted by Gasteiger charge is -2.42. The summed E-state index contributed by atoms with van der Waals surface area (Å²) in [6.45, 7) is 4.81. The van der Waals surface area contributed by atoms with Crippen LogP contribution in [0.25, 0.3) is 11.1 Å². The molecule has 1 aliphatic rings. The maximum Gasteiger partial charge on any atom is 0.333 e. The van der Waals surface area contributed by atoms with Gasteiger partial charge in [0.05, 0.1) is 12.5 Å². The standard InChI is InChI=1S/C44H52F2N6O13/c1-25(48-35(55)11-8-12-39(59)65-52-36(56)15-16-37(52)57)41(60)51(33(43(63)64)21-34(47)54)31(42(61)62)17-18-50(38(58)24-53)40(44(2,3)4)32-19-27(29-20-28(45)13-14-30(29)46)23-49(32)22-26-9-6-5-7-10-26/h5-7,9-10,13-14,19-20,23,25,31,33,40,53H,8,11-12,15-18,21-22,24H2,1-4H3,(H2,47,54)(H,48,55)(H,61,62)(H,63,64). The van der Waals surface area contributed by atoms with Gasteiger partial charge in [0.25, 0.3) is 11.8 Å². The van der Waals surface area contributed by atoms with Crippen LogP contribution < -0.4 is 11.1 Å². The predicted molar refractivity (Wildman–Crippen MR) is 223 cm³/mol. The van der Waals surface area contributed by atoms with E-state index in [-0.39, 0.29) is 36.9 Å². The molecular formula is C44H52F2N6O13. The second-order valence-electron chi connectivity index (χ2n) is 16.5. The van der Waals surface area contributed by atoms with Gasteiger partial charge in [0.15, 0.2) is 0 Å². The number of aliphatic hydroxyl groups is 1. The highest BCUT2D eigenvalue weighted by atomic mass is 19.1. The highest BCUT2D eigenvalue weighted by Crippen LogP contribution is 2.41. The van der Waals surface area contributed by atoms with Crippen molar-refractivity contribution in [3.8, 4) is 11.1 Å². The molecule has 4 unspecified atom stereocenters. The average Bonchev–Trinajstić information content (AvgIpc) is 3.78. The smallest absolute Gasteiger partial charge is 0.333 e. The van der Waals surface area contributed by atoms with Gasteiger partial charge in [0.1, 0.15) is 36.4 Å². The summed E-state index contributed by atoms with van der Waals surface area (Å²) in [4.78, 5) is 121. The number of imide groups is 1. The number of rotatable bonds is 22. The number of amides is 6. The van der Waals surface area contributed by atoms with Crippen molar-refractivity contribution in [1.82, 2.24) is 24.7 Å². The fourth-order valence-corrected chi connectivity index (χ4v) is 7.56. The van der Waals surface area contributed by atoms with Crippen LogP contribution in [-0.2, 0) is 54.5 Å². The Morgan fingerprint density at radius 3 is 2.11 bits per heavy atom. The molecule has 3 aromatic rings. The van der Waals surface area contributed by atoms with Crippen LogP contribution in [0.15, 0.2) is 60.8 Å². The number of carbonyl (C=O) groups is 9. The van der Waals surface area contributed by atoms with Crippen molar-refractivity contribution in [2.24, 2.45) is 11.1 Å². The summed E-state index contributed by atoms with van der Waals surface area (Å²) in [5.74, 6) is -11.8. The number of aromatic nitrogens is 1. The molecule has 0 spiro atoms. The molecule has 1 aromatic heterocycles. The fourth-order valence-electron chi connectivity index (χ4n) is 7.56. The number of benzene rings is 2. The third-order valence-corrected chi connectivity index (χ3v) is 10.5. The maximum absolute atomic E-state index is 15.2. The van der Waals surface area contributed by atoms with Crippen molar-refractivity contribution in [3.63, 3.8) is 0 Å². The van der Waals surface area contributed by atoms with E-state index in [1.807, 2.05) is 12.1 Å². The number of carboxylic acid groups (broad SMARTS) is 2.